The van der Waals surface area contributed by atoms with Gasteiger partial charge in [-0.2, -0.15) is 5.10 Å². The number of likely N-dealkylation sites (tertiary alicyclic amines) is 1. The Balaban J connectivity index is 2.23. The largest absolute Gasteiger partial charge is 0.390 e. The zero-order valence-corrected chi connectivity index (χ0v) is 11.1. The molecule has 1 N–H and O–H groups in total. The van der Waals surface area contributed by atoms with E-state index in [1.54, 1.807) is 4.68 Å². The average molecular weight is 237 g/mol. The molecule has 0 aliphatic carbocycles. The lowest BCUT2D eigenvalue weighted by Crippen LogP contribution is -2.38. The molecule has 2 rings (SSSR count). The van der Waals surface area contributed by atoms with Crippen molar-refractivity contribution in [2.24, 2.45) is 7.05 Å². The highest BCUT2D eigenvalue weighted by molar-refractivity contribution is 5.14. The molecular formula is C13H23N3O. The summed E-state index contributed by atoms with van der Waals surface area (Å²) >= 11 is 0. The Morgan fingerprint density at radius 1 is 1.47 bits per heavy atom. The third-order valence-electron chi connectivity index (χ3n) is 3.71. The monoisotopic (exact) mass is 237 g/mol. The van der Waals surface area contributed by atoms with Gasteiger partial charge in [0.1, 0.15) is 0 Å². The minimum atomic E-state index is 0.0674. The average Bonchev–Trinajstić information content (AvgIpc) is 2.70. The van der Waals surface area contributed by atoms with Gasteiger partial charge in [-0.25, -0.2) is 0 Å². The van der Waals surface area contributed by atoms with E-state index < -0.39 is 0 Å². The van der Waals surface area contributed by atoms with Crippen molar-refractivity contribution in [2.75, 3.05) is 6.54 Å². The van der Waals surface area contributed by atoms with Crippen molar-refractivity contribution in [3.05, 3.63) is 17.5 Å². The quantitative estimate of drug-likeness (QED) is 0.872. The van der Waals surface area contributed by atoms with Crippen LogP contribution in [0.1, 0.15) is 50.5 Å². The number of aliphatic hydroxyl groups excluding tert-OH is 1. The van der Waals surface area contributed by atoms with Crippen molar-refractivity contribution in [3.8, 4) is 0 Å². The summed E-state index contributed by atoms with van der Waals surface area (Å²) in [6, 6.07) is 3.03. The Kier molecular flexibility index (Phi) is 3.84. The van der Waals surface area contributed by atoms with Crippen LogP contribution in [0.3, 0.4) is 0 Å². The molecular weight excluding hydrogens is 214 g/mol. The molecule has 1 atom stereocenters. The Bertz CT molecular complexity index is 373. The normalized spacial score (nSPS) is 22.3. The van der Waals surface area contributed by atoms with Gasteiger partial charge in [-0.1, -0.05) is 6.42 Å². The predicted octanol–water partition coefficient (Wildman–Crippen LogP) is 1.85. The molecule has 0 bridgehead atoms. The van der Waals surface area contributed by atoms with E-state index >= 15 is 0 Å². The maximum Gasteiger partial charge on any atom is 0.0849 e. The number of hydrogen-bond donors (Lipinski definition) is 1. The van der Waals surface area contributed by atoms with Gasteiger partial charge in [0.2, 0.25) is 0 Å². The van der Waals surface area contributed by atoms with Crippen LogP contribution in [0.25, 0.3) is 0 Å². The summed E-state index contributed by atoms with van der Waals surface area (Å²) in [5.41, 5.74) is 2.01. The van der Waals surface area contributed by atoms with E-state index in [0.29, 0.717) is 12.1 Å². The molecule has 1 saturated heterocycles. The molecule has 1 fully saturated rings. The van der Waals surface area contributed by atoms with E-state index in [1.165, 1.54) is 19.3 Å². The zero-order valence-electron chi connectivity index (χ0n) is 11.1. The fourth-order valence-corrected chi connectivity index (χ4v) is 2.73. The fraction of sp³-hybridized carbons (Fsp3) is 0.769. The molecule has 0 amide bonds. The summed E-state index contributed by atoms with van der Waals surface area (Å²) in [6.45, 7) is 5.72. The highest BCUT2D eigenvalue weighted by Crippen LogP contribution is 2.31. The predicted molar refractivity (Wildman–Crippen MR) is 67.6 cm³/mol. The first-order valence-corrected chi connectivity index (χ1v) is 6.53. The van der Waals surface area contributed by atoms with Gasteiger partial charge in [0, 0.05) is 13.1 Å². The van der Waals surface area contributed by atoms with Gasteiger partial charge in [-0.05, 0) is 39.3 Å². The molecule has 2 heterocycles. The van der Waals surface area contributed by atoms with Crippen LogP contribution < -0.4 is 0 Å². The maximum atomic E-state index is 9.23. The maximum absolute atomic E-state index is 9.23. The molecule has 0 aromatic carbocycles. The molecule has 0 saturated carbocycles. The van der Waals surface area contributed by atoms with Crippen LogP contribution in [0.5, 0.6) is 0 Å². The SMILES string of the molecule is CC(C)N1CCCCC1c1cc(CO)n(C)n1. The molecule has 0 radical (unpaired) electrons. The third-order valence-corrected chi connectivity index (χ3v) is 3.71. The van der Waals surface area contributed by atoms with Crippen LogP contribution in [0.15, 0.2) is 6.07 Å². The van der Waals surface area contributed by atoms with E-state index in [1.807, 2.05) is 13.1 Å². The van der Waals surface area contributed by atoms with Gasteiger partial charge < -0.3 is 5.11 Å². The minimum Gasteiger partial charge on any atom is -0.390 e. The zero-order chi connectivity index (χ0) is 12.4. The second kappa shape index (κ2) is 5.19. The Morgan fingerprint density at radius 2 is 2.24 bits per heavy atom. The van der Waals surface area contributed by atoms with Crippen molar-refractivity contribution < 1.29 is 5.11 Å². The van der Waals surface area contributed by atoms with Gasteiger partial charge >= 0.3 is 0 Å². The second-order valence-corrected chi connectivity index (χ2v) is 5.19. The third kappa shape index (κ3) is 2.53. The van der Waals surface area contributed by atoms with Gasteiger partial charge in [-0.15, -0.1) is 0 Å². The van der Waals surface area contributed by atoms with Crippen molar-refractivity contribution in [3.63, 3.8) is 0 Å². The van der Waals surface area contributed by atoms with Crippen molar-refractivity contribution in [1.29, 1.82) is 0 Å². The first kappa shape index (κ1) is 12.6. The molecule has 17 heavy (non-hydrogen) atoms. The van der Waals surface area contributed by atoms with Crippen LogP contribution in [0, 0.1) is 0 Å². The van der Waals surface area contributed by atoms with Gasteiger partial charge in [-0.3, -0.25) is 9.58 Å². The summed E-state index contributed by atoms with van der Waals surface area (Å²) < 4.78 is 1.79. The van der Waals surface area contributed by atoms with Crippen LogP contribution in [0.4, 0.5) is 0 Å². The standard InChI is InChI=1S/C13H23N3O/c1-10(2)16-7-5-4-6-13(16)12-8-11(9-17)15(3)14-12/h8,10,13,17H,4-7,9H2,1-3H3. The first-order chi connectivity index (χ1) is 8.13. The second-order valence-electron chi connectivity index (χ2n) is 5.19. The lowest BCUT2D eigenvalue weighted by Gasteiger charge is -2.37. The van der Waals surface area contributed by atoms with Crippen LogP contribution >= 0.6 is 0 Å². The van der Waals surface area contributed by atoms with E-state index in [2.05, 4.69) is 23.8 Å². The number of hydrogen-bond acceptors (Lipinski definition) is 3. The number of nitrogens with zero attached hydrogens (tertiary/aromatic N) is 3. The molecule has 4 heteroatoms. The lowest BCUT2D eigenvalue weighted by atomic mass is 9.97. The molecule has 1 aliphatic rings. The molecule has 1 aromatic heterocycles. The van der Waals surface area contributed by atoms with Crippen molar-refractivity contribution >= 4 is 0 Å². The van der Waals surface area contributed by atoms with Crippen LogP contribution in [-0.2, 0) is 13.7 Å². The Hall–Kier alpha value is -0.870. The number of aryl methyl sites for hydroxylation is 1. The summed E-state index contributed by atoms with van der Waals surface area (Å²) in [6.07, 6.45) is 3.74. The molecule has 1 unspecified atom stereocenters. The van der Waals surface area contributed by atoms with E-state index in [4.69, 9.17) is 0 Å². The molecule has 0 spiro atoms. The van der Waals surface area contributed by atoms with E-state index in [0.717, 1.165) is 17.9 Å². The Labute approximate surface area is 103 Å². The summed E-state index contributed by atoms with van der Waals surface area (Å²) in [5.74, 6) is 0. The fourth-order valence-electron chi connectivity index (χ4n) is 2.73. The topological polar surface area (TPSA) is 41.3 Å². The number of aliphatic hydroxyl groups is 1. The van der Waals surface area contributed by atoms with Gasteiger partial charge in [0.25, 0.3) is 0 Å². The van der Waals surface area contributed by atoms with E-state index in [-0.39, 0.29) is 6.61 Å². The van der Waals surface area contributed by atoms with Gasteiger partial charge in [0.05, 0.1) is 24.0 Å². The molecule has 1 aromatic rings. The summed E-state index contributed by atoms with van der Waals surface area (Å²) in [4.78, 5) is 2.52. The van der Waals surface area contributed by atoms with E-state index in [9.17, 15) is 5.11 Å². The smallest absolute Gasteiger partial charge is 0.0849 e. The van der Waals surface area contributed by atoms with Crippen LogP contribution in [0.2, 0.25) is 0 Å². The number of aromatic nitrogens is 2. The molecule has 4 nitrogen and oxygen atoms in total. The molecule has 96 valence electrons. The number of piperidine rings is 1. The first-order valence-electron chi connectivity index (χ1n) is 6.53. The van der Waals surface area contributed by atoms with Gasteiger partial charge in [0.15, 0.2) is 0 Å². The Morgan fingerprint density at radius 3 is 2.82 bits per heavy atom. The molecule has 1 aliphatic heterocycles. The highest BCUT2D eigenvalue weighted by atomic mass is 16.3. The number of rotatable bonds is 3. The lowest BCUT2D eigenvalue weighted by molar-refractivity contribution is 0.109. The summed E-state index contributed by atoms with van der Waals surface area (Å²) in [5, 5.41) is 13.8. The summed E-state index contributed by atoms with van der Waals surface area (Å²) in [7, 11) is 1.90. The highest BCUT2D eigenvalue weighted by Gasteiger charge is 2.28. The van der Waals surface area contributed by atoms with Crippen molar-refractivity contribution in [2.45, 2.75) is 51.8 Å². The van der Waals surface area contributed by atoms with Crippen molar-refractivity contribution in [1.82, 2.24) is 14.7 Å². The minimum absolute atomic E-state index is 0.0674. The van der Waals surface area contributed by atoms with Crippen LogP contribution in [-0.4, -0.2) is 32.4 Å².